The van der Waals surface area contributed by atoms with Gasteiger partial charge in [-0.25, -0.2) is 8.78 Å². The second-order valence-electron chi connectivity index (χ2n) is 5.11. The Balaban J connectivity index is 2.29. The van der Waals surface area contributed by atoms with Crippen LogP contribution in [-0.4, -0.2) is 22.7 Å². The third-order valence-corrected chi connectivity index (χ3v) is 3.53. The standard InChI is InChI=1S/C16H18F2N6/c1-2-10(12-5-6-13(23-12)16(19)20)15(24-21)8-22-14-7-9(17)3-4-11(14)18/h3-8,10,23H,2,21H2,1H3,(H3,19,20). The molecule has 0 aliphatic heterocycles. The first-order chi connectivity index (χ1) is 11.5. The molecular formula is C16H18F2N6. The largest absolute Gasteiger partial charge is 0.382 e. The van der Waals surface area contributed by atoms with Gasteiger partial charge in [0, 0.05) is 17.7 Å². The third kappa shape index (κ3) is 3.83. The summed E-state index contributed by atoms with van der Waals surface area (Å²) in [4.78, 5) is 6.96. The fraction of sp³-hybridized carbons (Fsp3) is 0.188. The number of hydrogen-bond donors (Lipinski definition) is 4. The van der Waals surface area contributed by atoms with E-state index >= 15 is 0 Å². The van der Waals surface area contributed by atoms with Gasteiger partial charge < -0.3 is 16.6 Å². The molecule has 1 heterocycles. The van der Waals surface area contributed by atoms with Crippen LogP contribution in [0.3, 0.4) is 0 Å². The Morgan fingerprint density at radius 2 is 2.08 bits per heavy atom. The maximum Gasteiger partial charge on any atom is 0.149 e. The van der Waals surface area contributed by atoms with Crippen LogP contribution in [0.1, 0.15) is 30.7 Å². The number of halogens is 2. The van der Waals surface area contributed by atoms with Crippen LogP contribution < -0.4 is 11.6 Å². The number of nitrogens with zero attached hydrogens (tertiary/aromatic N) is 2. The Labute approximate surface area is 137 Å². The van der Waals surface area contributed by atoms with E-state index in [-0.39, 0.29) is 17.4 Å². The van der Waals surface area contributed by atoms with Crippen molar-refractivity contribution in [3.05, 3.63) is 53.4 Å². The van der Waals surface area contributed by atoms with Gasteiger partial charge in [-0.15, -0.1) is 0 Å². The number of hydrazone groups is 1. The van der Waals surface area contributed by atoms with Crippen LogP contribution in [0.15, 0.2) is 40.4 Å². The fourth-order valence-electron chi connectivity index (χ4n) is 2.29. The summed E-state index contributed by atoms with van der Waals surface area (Å²) < 4.78 is 26.8. The van der Waals surface area contributed by atoms with Crippen LogP contribution in [0.2, 0.25) is 0 Å². The molecule has 0 saturated carbocycles. The molecule has 0 fully saturated rings. The van der Waals surface area contributed by atoms with Crippen LogP contribution in [0.25, 0.3) is 0 Å². The number of rotatable bonds is 6. The zero-order valence-corrected chi connectivity index (χ0v) is 13.1. The van der Waals surface area contributed by atoms with E-state index in [9.17, 15) is 8.78 Å². The van der Waals surface area contributed by atoms with Crippen molar-refractivity contribution in [2.24, 2.45) is 21.7 Å². The molecule has 0 spiro atoms. The number of aromatic amines is 1. The van der Waals surface area contributed by atoms with Crippen molar-refractivity contribution in [3.8, 4) is 0 Å². The van der Waals surface area contributed by atoms with Crippen LogP contribution >= 0.6 is 0 Å². The number of amidine groups is 1. The van der Waals surface area contributed by atoms with Gasteiger partial charge in [0.2, 0.25) is 0 Å². The van der Waals surface area contributed by atoms with Gasteiger partial charge in [0.15, 0.2) is 0 Å². The van der Waals surface area contributed by atoms with E-state index in [4.69, 9.17) is 17.0 Å². The van der Waals surface area contributed by atoms with E-state index in [1.54, 1.807) is 12.1 Å². The van der Waals surface area contributed by atoms with Crippen LogP contribution in [0.4, 0.5) is 14.5 Å². The lowest BCUT2D eigenvalue weighted by molar-refractivity contribution is 0.602. The average molecular weight is 332 g/mol. The van der Waals surface area contributed by atoms with E-state index in [1.807, 2.05) is 6.92 Å². The van der Waals surface area contributed by atoms with E-state index in [0.29, 0.717) is 17.8 Å². The molecule has 126 valence electrons. The van der Waals surface area contributed by atoms with Crippen molar-refractivity contribution in [2.75, 3.05) is 0 Å². The highest BCUT2D eigenvalue weighted by molar-refractivity contribution is 6.33. The summed E-state index contributed by atoms with van der Waals surface area (Å²) in [5, 5.41) is 11.1. The molecule has 0 saturated heterocycles. The predicted octanol–water partition coefficient (Wildman–Crippen LogP) is 2.79. The van der Waals surface area contributed by atoms with Crippen LogP contribution in [0.5, 0.6) is 0 Å². The minimum absolute atomic E-state index is 0.0853. The summed E-state index contributed by atoms with van der Waals surface area (Å²) in [5.74, 6) is 3.87. The quantitative estimate of drug-likeness (QED) is 0.282. The molecule has 0 aliphatic rings. The molecule has 0 amide bonds. The van der Waals surface area contributed by atoms with Crippen LogP contribution in [0, 0.1) is 17.0 Å². The maximum absolute atomic E-state index is 13.6. The SMILES string of the molecule is CCC(C(C=Nc1cc(F)ccc1F)=NN)c1ccc(C(=N)N)[nH]1. The molecular weight excluding hydrogens is 314 g/mol. The summed E-state index contributed by atoms with van der Waals surface area (Å²) >= 11 is 0. The Bertz CT molecular complexity index is 794. The maximum atomic E-state index is 13.6. The molecule has 1 atom stereocenters. The number of benzene rings is 1. The molecule has 1 aromatic carbocycles. The van der Waals surface area contributed by atoms with Crippen LogP contribution in [-0.2, 0) is 0 Å². The second kappa shape index (κ2) is 7.49. The van der Waals surface area contributed by atoms with Crippen molar-refractivity contribution in [2.45, 2.75) is 19.3 Å². The van der Waals surface area contributed by atoms with Gasteiger partial charge in [-0.05, 0) is 30.7 Å². The highest BCUT2D eigenvalue weighted by Gasteiger charge is 2.18. The molecule has 6 nitrogen and oxygen atoms in total. The van der Waals surface area contributed by atoms with Crippen molar-refractivity contribution in [3.63, 3.8) is 0 Å². The average Bonchev–Trinajstić information content (AvgIpc) is 3.04. The number of H-pyrrole nitrogens is 1. The minimum atomic E-state index is -0.643. The van der Waals surface area contributed by atoms with E-state index in [1.165, 1.54) is 6.21 Å². The lowest BCUT2D eigenvalue weighted by atomic mass is 9.97. The number of hydrogen-bond acceptors (Lipinski definition) is 4. The monoisotopic (exact) mass is 332 g/mol. The van der Waals surface area contributed by atoms with Gasteiger partial charge in [0.25, 0.3) is 0 Å². The molecule has 0 radical (unpaired) electrons. The Kier molecular flexibility index (Phi) is 5.41. The first-order valence-corrected chi connectivity index (χ1v) is 7.26. The number of nitrogens with one attached hydrogen (secondary N) is 2. The Morgan fingerprint density at radius 1 is 1.33 bits per heavy atom. The zero-order valence-electron chi connectivity index (χ0n) is 13.1. The van der Waals surface area contributed by atoms with Gasteiger partial charge in [-0.1, -0.05) is 6.92 Å². The summed E-state index contributed by atoms with van der Waals surface area (Å²) in [5.41, 5.74) is 6.91. The van der Waals surface area contributed by atoms with Crippen molar-refractivity contribution in [1.82, 2.24) is 4.98 Å². The van der Waals surface area contributed by atoms with E-state index in [0.717, 1.165) is 23.9 Å². The molecule has 2 rings (SSSR count). The molecule has 0 aliphatic carbocycles. The molecule has 2 aromatic rings. The van der Waals surface area contributed by atoms with E-state index < -0.39 is 11.6 Å². The summed E-state index contributed by atoms with van der Waals surface area (Å²) in [6, 6.07) is 6.46. The van der Waals surface area contributed by atoms with Crippen molar-refractivity contribution < 1.29 is 8.78 Å². The topological polar surface area (TPSA) is 116 Å². The van der Waals surface area contributed by atoms with Gasteiger partial charge in [-0.3, -0.25) is 10.4 Å². The van der Waals surface area contributed by atoms with Gasteiger partial charge in [0.1, 0.15) is 23.2 Å². The number of nitrogen functional groups attached to an aromatic ring is 1. The number of aromatic nitrogens is 1. The molecule has 1 unspecified atom stereocenters. The molecule has 24 heavy (non-hydrogen) atoms. The molecule has 1 aromatic heterocycles. The normalized spacial score (nSPS) is 13.4. The summed E-state index contributed by atoms with van der Waals surface area (Å²) in [6.07, 6.45) is 1.94. The first kappa shape index (κ1) is 17.3. The Morgan fingerprint density at radius 3 is 2.67 bits per heavy atom. The fourth-order valence-corrected chi connectivity index (χ4v) is 2.29. The van der Waals surface area contributed by atoms with E-state index in [2.05, 4.69) is 15.1 Å². The molecule has 0 bridgehead atoms. The molecule has 6 N–H and O–H groups in total. The summed E-state index contributed by atoms with van der Waals surface area (Å²) in [7, 11) is 0. The highest BCUT2D eigenvalue weighted by Crippen LogP contribution is 2.22. The lowest BCUT2D eigenvalue weighted by Crippen LogP contribution is -2.17. The van der Waals surface area contributed by atoms with Gasteiger partial charge >= 0.3 is 0 Å². The minimum Gasteiger partial charge on any atom is -0.382 e. The number of aliphatic imine (C=N–C) groups is 1. The summed E-state index contributed by atoms with van der Waals surface area (Å²) in [6.45, 7) is 1.92. The lowest BCUT2D eigenvalue weighted by Gasteiger charge is -2.12. The molecule has 8 heteroatoms. The smallest absolute Gasteiger partial charge is 0.149 e. The highest BCUT2D eigenvalue weighted by atomic mass is 19.1. The van der Waals surface area contributed by atoms with Gasteiger partial charge in [0.05, 0.1) is 17.6 Å². The third-order valence-electron chi connectivity index (χ3n) is 3.53. The second-order valence-corrected chi connectivity index (χ2v) is 5.11. The number of nitrogens with two attached hydrogens (primary N) is 2. The first-order valence-electron chi connectivity index (χ1n) is 7.26. The van der Waals surface area contributed by atoms with Crippen molar-refractivity contribution >= 4 is 23.4 Å². The zero-order chi connectivity index (χ0) is 17.7. The predicted molar refractivity (Wildman–Crippen MR) is 91.0 cm³/mol. The van der Waals surface area contributed by atoms with Gasteiger partial charge in [-0.2, -0.15) is 5.10 Å². The van der Waals surface area contributed by atoms with Crippen molar-refractivity contribution in [1.29, 1.82) is 5.41 Å². The Hall–Kier alpha value is -3.03.